The molecule has 0 aliphatic carbocycles. The summed E-state index contributed by atoms with van der Waals surface area (Å²) in [6.45, 7) is 2.47. The van der Waals surface area contributed by atoms with Gasteiger partial charge < -0.3 is 10.6 Å². The Balaban J connectivity index is 2.35. The highest BCUT2D eigenvalue weighted by atomic mass is 16.2. The molecule has 5 heteroatoms. The average molecular weight is 244 g/mol. The third kappa shape index (κ3) is 2.20. The Kier molecular flexibility index (Phi) is 3.32. The molecule has 1 amide bonds. The molecule has 0 saturated carbocycles. The van der Waals surface area contributed by atoms with Crippen LogP contribution in [-0.4, -0.2) is 22.2 Å². The zero-order valence-electron chi connectivity index (χ0n) is 10.5. The quantitative estimate of drug-likeness (QED) is 0.835. The van der Waals surface area contributed by atoms with E-state index < -0.39 is 0 Å². The predicted molar refractivity (Wildman–Crippen MR) is 71.4 cm³/mol. The molecule has 0 saturated heterocycles. The minimum absolute atomic E-state index is 0.0940. The Morgan fingerprint density at radius 2 is 2.17 bits per heavy atom. The fourth-order valence-electron chi connectivity index (χ4n) is 1.84. The van der Waals surface area contributed by atoms with Crippen molar-refractivity contribution in [1.29, 1.82) is 0 Å². The van der Waals surface area contributed by atoms with Crippen LogP contribution in [0.5, 0.6) is 0 Å². The minimum Gasteiger partial charge on any atom is -0.397 e. The molecule has 5 nitrogen and oxygen atoms in total. The number of anilines is 2. The van der Waals surface area contributed by atoms with Gasteiger partial charge in [0.05, 0.1) is 23.1 Å². The summed E-state index contributed by atoms with van der Waals surface area (Å²) in [6, 6.07) is 7.34. The van der Waals surface area contributed by atoms with Gasteiger partial charge in [0.15, 0.2) is 0 Å². The summed E-state index contributed by atoms with van der Waals surface area (Å²) in [7, 11) is 1.78. The van der Waals surface area contributed by atoms with E-state index in [0.29, 0.717) is 17.8 Å². The van der Waals surface area contributed by atoms with E-state index in [4.69, 9.17) is 5.73 Å². The van der Waals surface area contributed by atoms with E-state index in [1.807, 2.05) is 25.1 Å². The number of carbonyl (C=O) groups is 1. The number of nitrogens with two attached hydrogens (primary N) is 1. The smallest absolute Gasteiger partial charge is 0.261 e. The van der Waals surface area contributed by atoms with Crippen LogP contribution in [0.2, 0.25) is 0 Å². The summed E-state index contributed by atoms with van der Waals surface area (Å²) in [4.78, 5) is 14.0. The number of hydrogen-bond acceptors (Lipinski definition) is 3. The number of benzene rings is 1. The monoisotopic (exact) mass is 244 g/mol. The zero-order chi connectivity index (χ0) is 13.1. The molecule has 0 atom stereocenters. The summed E-state index contributed by atoms with van der Waals surface area (Å²) in [5, 5.41) is 4.01. The second-order valence-corrected chi connectivity index (χ2v) is 4.01. The summed E-state index contributed by atoms with van der Waals surface area (Å²) >= 11 is 0. The van der Waals surface area contributed by atoms with Crippen LogP contribution >= 0.6 is 0 Å². The molecule has 1 heterocycles. The maximum atomic E-state index is 12.4. The largest absolute Gasteiger partial charge is 0.397 e. The summed E-state index contributed by atoms with van der Waals surface area (Å²) in [5.41, 5.74) is 7.79. The lowest BCUT2D eigenvalue weighted by Crippen LogP contribution is -2.31. The van der Waals surface area contributed by atoms with E-state index in [0.717, 1.165) is 5.69 Å². The molecular weight excluding hydrogens is 228 g/mol. The second-order valence-electron chi connectivity index (χ2n) is 4.01. The van der Waals surface area contributed by atoms with E-state index >= 15 is 0 Å². The van der Waals surface area contributed by atoms with Gasteiger partial charge in [-0.1, -0.05) is 12.1 Å². The number of aryl methyl sites for hydroxylation is 1. The van der Waals surface area contributed by atoms with E-state index in [2.05, 4.69) is 5.10 Å². The number of amides is 1. The first kappa shape index (κ1) is 12.2. The van der Waals surface area contributed by atoms with E-state index in [-0.39, 0.29) is 5.91 Å². The first-order valence-corrected chi connectivity index (χ1v) is 5.78. The molecule has 18 heavy (non-hydrogen) atoms. The van der Waals surface area contributed by atoms with Crippen molar-refractivity contribution < 1.29 is 4.79 Å². The third-order valence-electron chi connectivity index (χ3n) is 2.74. The lowest BCUT2D eigenvalue weighted by molar-refractivity contribution is 0.0988. The van der Waals surface area contributed by atoms with Crippen LogP contribution in [0.25, 0.3) is 0 Å². The fraction of sp³-hybridized carbons (Fsp3) is 0.231. The molecule has 1 aromatic heterocycles. The number of nitrogens with zero attached hydrogens (tertiary/aromatic N) is 3. The normalized spacial score (nSPS) is 10.3. The predicted octanol–water partition coefficient (Wildman–Crippen LogP) is 1.67. The summed E-state index contributed by atoms with van der Waals surface area (Å²) < 4.78 is 1.61. The zero-order valence-corrected chi connectivity index (χ0v) is 10.5. The highest BCUT2D eigenvalue weighted by molar-refractivity contribution is 6.07. The van der Waals surface area contributed by atoms with Gasteiger partial charge in [0.1, 0.15) is 0 Å². The van der Waals surface area contributed by atoms with E-state index in [9.17, 15) is 4.79 Å². The molecule has 2 N–H and O–H groups in total. The standard InChI is InChI=1S/C13H16N4O/c1-3-17(12-7-5-4-6-11(12)14)13(18)10-8-15-16(2)9-10/h4-9H,3,14H2,1-2H3. The minimum atomic E-state index is -0.0940. The van der Waals surface area contributed by atoms with Gasteiger partial charge in [-0.05, 0) is 19.1 Å². The van der Waals surface area contributed by atoms with Gasteiger partial charge in [-0.2, -0.15) is 5.10 Å². The van der Waals surface area contributed by atoms with Crippen LogP contribution in [0.1, 0.15) is 17.3 Å². The number of hydrogen-bond donors (Lipinski definition) is 1. The highest BCUT2D eigenvalue weighted by Crippen LogP contribution is 2.23. The maximum Gasteiger partial charge on any atom is 0.261 e. The molecule has 0 spiro atoms. The van der Waals surface area contributed by atoms with Crippen molar-refractivity contribution in [2.45, 2.75) is 6.92 Å². The van der Waals surface area contributed by atoms with Crippen molar-refractivity contribution in [3.8, 4) is 0 Å². The van der Waals surface area contributed by atoms with Crippen LogP contribution in [0.15, 0.2) is 36.7 Å². The molecule has 0 aliphatic rings. The molecule has 0 unspecified atom stereocenters. The van der Waals surface area contributed by atoms with Crippen LogP contribution in [0, 0.1) is 0 Å². The van der Waals surface area contributed by atoms with Gasteiger partial charge in [-0.3, -0.25) is 9.48 Å². The number of aromatic nitrogens is 2. The van der Waals surface area contributed by atoms with Gasteiger partial charge in [-0.25, -0.2) is 0 Å². The van der Waals surface area contributed by atoms with Gasteiger partial charge >= 0.3 is 0 Å². The van der Waals surface area contributed by atoms with Crippen molar-refractivity contribution >= 4 is 17.3 Å². The molecule has 2 aromatic rings. The molecular formula is C13H16N4O. The van der Waals surface area contributed by atoms with Crippen molar-refractivity contribution in [1.82, 2.24) is 9.78 Å². The molecule has 0 bridgehead atoms. The fourth-order valence-corrected chi connectivity index (χ4v) is 1.84. The van der Waals surface area contributed by atoms with Crippen molar-refractivity contribution in [3.05, 3.63) is 42.2 Å². The maximum absolute atomic E-state index is 12.4. The Hall–Kier alpha value is -2.30. The topological polar surface area (TPSA) is 64.2 Å². The van der Waals surface area contributed by atoms with Crippen molar-refractivity contribution in [2.75, 3.05) is 17.2 Å². The summed E-state index contributed by atoms with van der Waals surface area (Å²) in [6.07, 6.45) is 3.26. The highest BCUT2D eigenvalue weighted by Gasteiger charge is 2.18. The molecule has 1 aromatic carbocycles. The molecule has 0 radical (unpaired) electrons. The van der Waals surface area contributed by atoms with Crippen LogP contribution in [-0.2, 0) is 7.05 Å². The van der Waals surface area contributed by atoms with Crippen LogP contribution < -0.4 is 10.6 Å². The Bertz CT molecular complexity index is 562. The van der Waals surface area contributed by atoms with E-state index in [1.54, 1.807) is 35.1 Å². The Labute approximate surface area is 106 Å². The summed E-state index contributed by atoms with van der Waals surface area (Å²) in [5.74, 6) is -0.0940. The average Bonchev–Trinajstić information content (AvgIpc) is 2.79. The lowest BCUT2D eigenvalue weighted by atomic mass is 10.2. The SMILES string of the molecule is CCN(C(=O)c1cnn(C)c1)c1ccccc1N. The van der Waals surface area contributed by atoms with Crippen LogP contribution in [0.4, 0.5) is 11.4 Å². The molecule has 0 aliphatic heterocycles. The number of para-hydroxylation sites is 2. The van der Waals surface area contributed by atoms with Crippen molar-refractivity contribution in [2.24, 2.45) is 7.05 Å². The second kappa shape index (κ2) is 4.91. The number of nitrogen functional groups attached to an aromatic ring is 1. The first-order chi connectivity index (χ1) is 8.63. The van der Waals surface area contributed by atoms with Gasteiger partial charge in [0.2, 0.25) is 0 Å². The molecule has 0 fully saturated rings. The molecule has 94 valence electrons. The third-order valence-corrected chi connectivity index (χ3v) is 2.74. The number of rotatable bonds is 3. The Morgan fingerprint density at radius 3 is 2.72 bits per heavy atom. The van der Waals surface area contributed by atoms with E-state index in [1.165, 1.54) is 0 Å². The van der Waals surface area contributed by atoms with Gasteiger partial charge in [-0.15, -0.1) is 0 Å². The Morgan fingerprint density at radius 1 is 1.44 bits per heavy atom. The number of carbonyl (C=O) groups excluding carboxylic acids is 1. The molecule has 2 rings (SSSR count). The van der Waals surface area contributed by atoms with Gasteiger partial charge in [0, 0.05) is 19.8 Å². The lowest BCUT2D eigenvalue weighted by Gasteiger charge is -2.21. The van der Waals surface area contributed by atoms with Crippen LogP contribution in [0.3, 0.4) is 0 Å². The van der Waals surface area contributed by atoms with Crippen molar-refractivity contribution in [3.63, 3.8) is 0 Å². The first-order valence-electron chi connectivity index (χ1n) is 5.78. The van der Waals surface area contributed by atoms with Gasteiger partial charge in [0.25, 0.3) is 5.91 Å².